The third-order valence-corrected chi connectivity index (χ3v) is 21.1. The molecule has 580 valence electrons. The average Bonchev–Trinajstić information content (AvgIpc) is 1.11. The van der Waals surface area contributed by atoms with Gasteiger partial charge in [0.05, 0.1) is 85.0 Å². The molecule has 3 fully saturated rings. The number of hydrogen-bond acceptors (Lipinski definition) is 16. The number of ether oxygens (including phenoxy) is 2. The van der Waals surface area contributed by atoms with E-state index in [9.17, 15) is 9.59 Å². The molecule has 0 unspecified atom stereocenters. The third kappa shape index (κ3) is 18.2. The molecule has 0 spiro atoms. The fraction of sp³-hybridized carbons (Fsp3) is 0.220. The van der Waals surface area contributed by atoms with Crippen molar-refractivity contribution in [3.63, 3.8) is 0 Å². The van der Waals surface area contributed by atoms with E-state index in [2.05, 4.69) is 180 Å². The summed E-state index contributed by atoms with van der Waals surface area (Å²) in [5.41, 5.74) is 28.9. The van der Waals surface area contributed by atoms with Crippen LogP contribution in [0, 0.1) is 0 Å². The summed E-state index contributed by atoms with van der Waals surface area (Å²) in [6.07, 6.45) is 18.3. The number of benzene rings is 6. The van der Waals surface area contributed by atoms with Crippen LogP contribution in [0.15, 0.2) is 256 Å². The number of carbonyl (C=O) groups is 2. The second-order valence-corrected chi connectivity index (χ2v) is 31.5. The van der Waals surface area contributed by atoms with Gasteiger partial charge in [0, 0.05) is 80.3 Å². The number of rotatable bonds is 14. The van der Waals surface area contributed by atoms with E-state index in [4.69, 9.17) is 61.8 Å². The van der Waals surface area contributed by atoms with Crippen LogP contribution < -0.4 is 21.8 Å². The zero-order valence-electron chi connectivity index (χ0n) is 64.6. The van der Waals surface area contributed by atoms with Crippen molar-refractivity contribution in [2.75, 3.05) is 0 Å². The number of aromatic amines is 3. The van der Waals surface area contributed by atoms with E-state index in [1.54, 1.807) is 18.5 Å². The van der Waals surface area contributed by atoms with Crippen molar-refractivity contribution in [1.82, 2.24) is 71.1 Å². The molecule has 3 aliphatic carbocycles. The van der Waals surface area contributed by atoms with Crippen LogP contribution in [0.25, 0.3) is 123 Å². The minimum absolute atomic E-state index is 0. The second kappa shape index (κ2) is 33.8. The first-order valence-corrected chi connectivity index (χ1v) is 38.6. The highest BCUT2D eigenvalue weighted by Crippen LogP contribution is 2.46. The third-order valence-electron chi connectivity index (χ3n) is 20.9. The Morgan fingerprint density at radius 1 is 0.409 bits per heavy atom. The van der Waals surface area contributed by atoms with Crippen LogP contribution in [-0.4, -0.2) is 101 Å². The Labute approximate surface area is 678 Å². The molecule has 15 aromatic rings. The van der Waals surface area contributed by atoms with Crippen LogP contribution in [0.3, 0.4) is 0 Å². The number of carbonyl (C=O) groups excluding carboxylic acids is 2. The van der Waals surface area contributed by atoms with E-state index >= 15 is 0 Å². The van der Waals surface area contributed by atoms with Crippen LogP contribution in [0.1, 0.15) is 116 Å². The molecular weight excluding hydrogens is 1480 g/mol. The Bertz CT molecular complexity index is 5850. The van der Waals surface area contributed by atoms with Crippen molar-refractivity contribution in [3.8, 4) is 89.7 Å². The molecule has 18 rings (SSSR count). The second-order valence-electron chi connectivity index (χ2n) is 31.1. The molecule has 9 aromatic heterocycles. The number of halogens is 2. The number of amides is 2. The minimum atomic E-state index is -1.41. The number of fused-ring (bicyclic) bond motifs is 3. The largest absolute Gasteiger partial charge is 0.491 e. The SMILES string of the molecule is CC(C)(C)OC(=O)NC1(c2ccc(-c3nc4ccc(-c5cn[nH]c5)nc4cc3-c3ccccc3)cc2)CCC1.CC(C)(C)OC(=O)NC1(c2ccc(-c3nc4ccc(Cl)nc4cc3-c3ccccc3)cc2)CCC1.Cl.NC1(c2ccc(-c3nc4ccc(-c5cn[nH]c5)nc4cc3-c3ccccc3)cc2)CCC1.OB(O)c1cn[nH]c1. The average molecular weight is 1570 g/mol. The van der Waals surface area contributed by atoms with E-state index in [-0.39, 0.29) is 35.7 Å². The van der Waals surface area contributed by atoms with E-state index < -0.39 is 23.9 Å². The maximum Gasteiger partial charge on any atom is 0.491 e. The number of pyridine rings is 6. The van der Waals surface area contributed by atoms with Crippen LogP contribution in [0.4, 0.5) is 9.59 Å². The van der Waals surface area contributed by atoms with Gasteiger partial charge >= 0.3 is 19.3 Å². The summed E-state index contributed by atoms with van der Waals surface area (Å²) in [5.74, 6) is 0. The van der Waals surface area contributed by atoms with Crippen molar-refractivity contribution in [2.24, 2.45) is 5.73 Å². The first-order valence-electron chi connectivity index (χ1n) is 38.3. The molecule has 115 heavy (non-hydrogen) atoms. The minimum Gasteiger partial charge on any atom is -0.444 e. The van der Waals surface area contributed by atoms with Gasteiger partial charge in [0.1, 0.15) is 16.4 Å². The summed E-state index contributed by atoms with van der Waals surface area (Å²) >= 11 is 6.15. The Balaban J connectivity index is 0.000000135. The van der Waals surface area contributed by atoms with Gasteiger partial charge in [-0.05, 0) is 187 Å². The zero-order valence-corrected chi connectivity index (χ0v) is 66.2. The fourth-order valence-corrected chi connectivity index (χ4v) is 14.7. The summed E-state index contributed by atoms with van der Waals surface area (Å²) in [4.78, 5) is 54.4. The fourth-order valence-electron chi connectivity index (χ4n) is 14.5. The topological polar surface area (TPSA) is 307 Å². The van der Waals surface area contributed by atoms with Gasteiger partial charge in [-0.15, -0.1) is 12.4 Å². The van der Waals surface area contributed by atoms with Crippen molar-refractivity contribution >= 4 is 81.9 Å². The first kappa shape index (κ1) is 79.3. The predicted molar refractivity (Wildman–Crippen MR) is 457 cm³/mol. The molecule has 24 heteroatoms. The summed E-state index contributed by atoms with van der Waals surface area (Å²) in [7, 11) is -1.41. The van der Waals surface area contributed by atoms with E-state index in [0.717, 1.165) is 185 Å². The van der Waals surface area contributed by atoms with Gasteiger partial charge in [0.2, 0.25) is 0 Å². The van der Waals surface area contributed by atoms with Gasteiger partial charge in [-0.2, -0.15) is 15.3 Å². The first-order chi connectivity index (χ1) is 55.0. The monoisotopic (exact) mass is 1570 g/mol. The van der Waals surface area contributed by atoms with Crippen LogP contribution in [0.2, 0.25) is 5.15 Å². The van der Waals surface area contributed by atoms with Gasteiger partial charge in [0.25, 0.3) is 0 Å². The number of H-pyrrole nitrogens is 3. The Morgan fingerprint density at radius 3 is 1.06 bits per heavy atom. The summed E-state index contributed by atoms with van der Waals surface area (Å²) in [6.45, 7) is 11.3. The molecule has 9 N–H and O–H groups in total. The highest BCUT2D eigenvalue weighted by Gasteiger charge is 2.43. The molecule has 3 saturated carbocycles. The van der Waals surface area contributed by atoms with Crippen LogP contribution in [0.5, 0.6) is 0 Å². The van der Waals surface area contributed by atoms with Crippen molar-refractivity contribution in [1.29, 1.82) is 0 Å². The maximum absolute atomic E-state index is 12.6. The van der Waals surface area contributed by atoms with Crippen molar-refractivity contribution < 1.29 is 29.1 Å². The summed E-state index contributed by atoms with van der Waals surface area (Å²) in [5, 5.41) is 43.3. The molecule has 3 aliphatic rings. The Morgan fingerprint density at radius 2 is 0.757 bits per heavy atom. The van der Waals surface area contributed by atoms with E-state index in [1.807, 2.05) is 133 Å². The lowest BCUT2D eigenvalue weighted by Gasteiger charge is -2.43. The number of nitrogens with two attached hydrogens (primary N) is 1. The molecule has 0 saturated heterocycles. The Kier molecular flexibility index (Phi) is 23.3. The number of hydrogen-bond donors (Lipinski definition) is 8. The highest BCUT2D eigenvalue weighted by atomic mass is 35.5. The van der Waals surface area contributed by atoms with Crippen molar-refractivity contribution in [3.05, 3.63) is 277 Å². The van der Waals surface area contributed by atoms with E-state index in [0.29, 0.717) is 10.6 Å². The Hall–Kier alpha value is -12.3. The number of nitrogens with one attached hydrogen (secondary N) is 5. The molecule has 0 atom stereocenters. The van der Waals surface area contributed by atoms with Gasteiger partial charge in [-0.1, -0.05) is 175 Å². The smallest absolute Gasteiger partial charge is 0.444 e. The number of alkyl carbamates (subject to hydrolysis) is 2. The van der Waals surface area contributed by atoms with Gasteiger partial charge in [0.15, 0.2) is 0 Å². The quantitative estimate of drug-likeness (QED) is 0.0371. The van der Waals surface area contributed by atoms with Crippen LogP contribution in [-0.2, 0) is 26.1 Å². The maximum atomic E-state index is 12.6. The van der Waals surface area contributed by atoms with Gasteiger partial charge < -0.3 is 35.9 Å². The summed E-state index contributed by atoms with van der Waals surface area (Å²) < 4.78 is 11.1. The molecule has 0 radical (unpaired) electrons. The lowest BCUT2D eigenvalue weighted by atomic mass is 9.71. The standard InChI is InChI=1S/C32H31N5O2.C29H28ClN3O2.C27H23N5.C3H5BN2O2.ClH/c1-31(2,3)39-30(38)37-32(16-7-17-32)24-12-10-22(11-13-24)29-25(21-8-5-4-6-9-21)18-28-27(36-29)15-14-26(35-28)23-19-33-34-20-23;1-28(2,3)35-27(34)33-29(16-7-17-29)21-12-10-20(11-13-21)26-22(19-8-5-4-6-9-19)18-24-23(32-26)14-15-25(30)31-24;28-27(13-4-14-27)21-9-7-19(8-10-21)26-22(18-5-2-1-3-6-18)15-25-24(32-26)12-11-23(31-25)20-16-29-30-17-20;7-4(8)3-1-5-6-2-3;/h4-6,8-15,18-20H,7,16-17H2,1-3H3,(H,33,34)(H,37,38);4-6,8-15,18H,7,16-17H2,1-3H3,(H,33,34);1-3,5-12,15-17H,4,13-14,28H2,(H,29,30);1-2,7-8H,(H,5,6);1H. The number of aromatic nitrogens is 12. The molecule has 0 bridgehead atoms. The highest BCUT2D eigenvalue weighted by molar-refractivity contribution is 6.58. The zero-order chi connectivity index (χ0) is 79.2. The molecule has 21 nitrogen and oxygen atoms in total. The van der Waals surface area contributed by atoms with Crippen LogP contribution >= 0.6 is 24.0 Å². The van der Waals surface area contributed by atoms with Gasteiger partial charge in [-0.3, -0.25) is 15.3 Å². The summed E-state index contributed by atoms with van der Waals surface area (Å²) in [6, 6.07) is 74.1. The molecular formula is C91H88BCl2N15O6. The molecule has 0 aliphatic heterocycles. The predicted octanol–water partition coefficient (Wildman–Crippen LogP) is 19.0. The molecule has 6 aromatic carbocycles. The van der Waals surface area contributed by atoms with Gasteiger partial charge in [-0.25, -0.2) is 39.5 Å². The molecule has 2 amide bonds. The lowest BCUT2D eigenvalue weighted by Crippen LogP contribution is -2.52. The van der Waals surface area contributed by atoms with Crippen molar-refractivity contribution in [2.45, 2.75) is 127 Å². The van der Waals surface area contributed by atoms with E-state index in [1.165, 1.54) is 24.4 Å². The molecule has 9 heterocycles. The number of nitrogens with zero attached hydrogens (tertiary/aromatic N) is 9. The lowest BCUT2D eigenvalue weighted by molar-refractivity contribution is 0.0365. The normalized spacial score (nSPS) is 14.2.